The summed E-state index contributed by atoms with van der Waals surface area (Å²) in [5.41, 5.74) is 2.86. The third kappa shape index (κ3) is 4.27. The van der Waals surface area contributed by atoms with Gasteiger partial charge in [-0.2, -0.15) is 0 Å². The molecule has 0 fully saturated rings. The van der Waals surface area contributed by atoms with Gasteiger partial charge < -0.3 is 10.2 Å². The van der Waals surface area contributed by atoms with Crippen molar-refractivity contribution in [3.8, 4) is 0 Å². The molecule has 1 aliphatic rings. The third-order valence-electron chi connectivity index (χ3n) is 4.41. The first-order valence-electron chi connectivity index (χ1n) is 8.52. The van der Waals surface area contributed by atoms with Crippen molar-refractivity contribution in [2.45, 2.75) is 26.8 Å². The first-order chi connectivity index (χ1) is 12.1. The van der Waals surface area contributed by atoms with E-state index in [2.05, 4.69) is 28.6 Å². The van der Waals surface area contributed by atoms with Gasteiger partial charge in [0.05, 0.1) is 6.54 Å². The molecule has 0 saturated heterocycles. The Hall–Kier alpha value is -2.18. The highest BCUT2D eigenvalue weighted by Gasteiger charge is 2.22. The van der Waals surface area contributed by atoms with Crippen LogP contribution in [-0.4, -0.2) is 36.3 Å². The van der Waals surface area contributed by atoms with Crippen molar-refractivity contribution in [1.29, 1.82) is 0 Å². The Bertz CT molecular complexity index is 758. The maximum Gasteiger partial charge on any atom is 0.238 e. The first-order valence-corrected chi connectivity index (χ1v) is 9.40. The third-order valence-corrected chi connectivity index (χ3v) is 5.27. The number of likely N-dealkylation sites (N-methyl/N-ethyl adjacent to an activating group) is 1. The van der Waals surface area contributed by atoms with Crippen LogP contribution in [0.15, 0.2) is 35.7 Å². The lowest BCUT2D eigenvalue weighted by molar-refractivity contribution is -0.117. The molecule has 0 aliphatic carbocycles. The number of carbonyl (C=O) groups excluding carboxylic acids is 2. The van der Waals surface area contributed by atoms with Gasteiger partial charge in [-0.15, -0.1) is 11.3 Å². The number of benzene rings is 1. The maximum atomic E-state index is 12.4. The molecule has 0 unspecified atom stereocenters. The van der Waals surface area contributed by atoms with Gasteiger partial charge in [-0.05, 0) is 48.2 Å². The number of amides is 2. The van der Waals surface area contributed by atoms with Crippen LogP contribution in [0.3, 0.4) is 0 Å². The Morgan fingerprint density at radius 1 is 1.32 bits per heavy atom. The Labute approximate surface area is 152 Å². The van der Waals surface area contributed by atoms with Gasteiger partial charge in [0.2, 0.25) is 11.8 Å². The molecule has 0 bridgehead atoms. The predicted octanol–water partition coefficient (Wildman–Crippen LogP) is 3.12. The molecule has 0 saturated carbocycles. The minimum atomic E-state index is -0.0141. The van der Waals surface area contributed by atoms with E-state index in [9.17, 15) is 9.59 Å². The van der Waals surface area contributed by atoms with E-state index in [1.807, 2.05) is 24.3 Å². The number of nitrogens with one attached hydrogen (secondary N) is 1. The summed E-state index contributed by atoms with van der Waals surface area (Å²) in [7, 11) is 0. The fraction of sp³-hybridized carbons (Fsp3) is 0.368. The Morgan fingerprint density at radius 2 is 2.16 bits per heavy atom. The zero-order valence-corrected chi connectivity index (χ0v) is 15.4. The number of hydrogen-bond acceptors (Lipinski definition) is 4. The zero-order valence-electron chi connectivity index (χ0n) is 14.6. The van der Waals surface area contributed by atoms with Gasteiger partial charge in [0, 0.05) is 36.3 Å². The van der Waals surface area contributed by atoms with Crippen molar-refractivity contribution < 1.29 is 9.59 Å². The number of hydrogen-bond donors (Lipinski definition) is 1. The average molecular weight is 357 g/mol. The van der Waals surface area contributed by atoms with Gasteiger partial charge in [0.25, 0.3) is 0 Å². The fourth-order valence-electron chi connectivity index (χ4n) is 3.11. The second-order valence-electron chi connectivity index (χ2n) is 6.19. The van der Waals surface area contributed by atoms with Crippen molar-refractivity contribution in [1.82, 2.24) is 4.90 Å². The van der Waals surface area contributed by atoms with Crippen molar-refractivity contribution >= 4 is 34.5 Å². The fourth-order valence-corrected chi connectivity index (χ4v) is 3.86. The van der Waals surface area contributed by atoms with Gasteiger partial charge in [-0.1, -0.05) is 13.0 Å². The molecule has 2 amide bonds. The molecule has 1 aliphatic heterocycles. The van der Waals surface area contributed by atoms with E-state index in [0.29, 0.717) is 13.1 Å². The maximum absolute atomic E-state index is 12.4. The van der Waals surface area contributed by atoms with Gasteiger partial charge in [0.1, 0.15) is 0 Å². The zero-order chi connectivity index (χ0) is 17.8. The molecule has 132 valence electrons. The first kappa shape index (κ1) is 17.6. The van der Waals surface area contributed by atoms with Gasteiger partial charge in [-0.3, -0.25) is 14.5 Å². The molecule has 2 heterocycles. The summed E-state index contributed by atoms with van der Waals surface area (Å²) in [5.74, 6) is 0.0440. The summed E-state index contributed by atoms with van der Waals surface area (Å²) >= 11 is 1.71. The molecule has 2 aromatic rings. The van der Waals surface area contributed by atoms with Crippen molar-refractivity contribution in [2.24, 2.45) is 0 Å². The SMILES string of the molecule is CCN(CC(=O)Nc1ccc2c(c1)CCN2C(C)=O)Cc1cccs1. The summed E-state index contributed by atoms with van der Waals surface area (Å²) in [6, 6.07) is 9.89. The second kappa shape index (κ2) is 7.80. The summed E-state index contributed by atoms with van der Waals surface area (Å²) in [6.45, 7) is 6.34. The smallest absolute Gasteiger partial charge is 0.238 e. The molecule has 0 radical (unpaired) electrons. The Kier molecular flexibility index (Phi) is 5.50. The van der Waals surface area contributed by atoms with Crippen LogP contribution >= 0.6 is 11.3 Å². The summed E-state index contributed by atoms with van der Waals surface area (Å²) in [4.78, 5) is 29.1. The highest BCUT2D eigenvalue weighted by molar-refractivity contribution is 7.09. The highest BCUT2D eigenvalue weighted by atomic mass is 32.1. The lowest BCUT2D eigenvalue weighted by atomic mass is 10.1. The van der Waals surface area contributed by atoms with Gasteiger partial charge >= 0.3 is 0 Å². The van der Waals surface area contributed by atoms with E-state index in [1.165, 1.54) is 4.88 Å². The molecule has 0 atom stereocenters. The summed E-state index contributed by atoms with van der Waals surface area (Å²) in [6.07, 6.45) is 0.831. The highest BCUT2D eigenvalue weighted by Crippen LogP contribution is 2.30. The summed E-state index contributed by atoms with van der Waals surface area (Å²) < 4.78 is 0. The minimum Gasteiger partial charge on any atom is -0.325 e. The standard InChI is InChI=1S/C19H23N3O2S/c1-3-21(12-17-5-4-10-25-17)13-19(24)20-16-6-7-18-15(11-16)8-9-22(18)14(2)23/h4-7,10-11H,3,8-9,12-13H2,1-2H3,(H,20,24). The van der Waals surface area contributed by atoms with Gasteiger partial charge in [-0.25, -0.2) is 0 Å². The second-order valence-corrected chi connectivity index (χ2v) is 7.23. The van der Waals surface area contributed by atoms with E-state index in [4.69, 9.17) is 0 Å². The van der Waals surface area contributed by atoms with E-state index < -0.39 is 0 Å². The largest absolute Gasteiger partial charge is 0.325 e. The Balaban J connectivity index is 1.60. The lowest BCUT2D eigenvalue weighted by Crippen LogP contribution is -2.32. The predicted molar refractivity (Wildman–Crippen MR) is 102 cm³/mol. The van der Waals surface area contributed by atoms with Crippen LogP contribution in [0.5, 0.6) is 0 Å². The monoisotopic (exact) mass is 357 g/mol. The molecule has 1 N–H and O–H groups in total. The van der Waals surface area contributed by atoms with E-state index >= 15 is 0 Å². The normalized spacial score (nSPS) is 13.2. The average Bonchev–Trinajstić information content (AvgIpc) is 3.22. The molecule has 0 spiro atoms. The molecule has 1 aromatic heterocycles. The molecule has 25 heavy (non-hydrogen) atoms. The van der Waals surface area contributed by atoms with Gasteiger partial charge in [0.15, 0.2) is 0 Å². The molecule has 5 nitrogen and oxygen atoms in total. The van der Waals surface area contributed by atoms with Crippen LogP contribution in [0.2, 0.25) is 0 Å². The summed E-state index contributed by atoms with van der Waals surface area (Å²) in [5, 5.41) is 5.03. The number of fused-ring (bicyclic) bond motifs is 1. The van der Waals surface area contributed by atoms with Crippen LogP contribution in [0.4, 0.5) is 11.4 Å². The molecular formula is C19H23N3O2S. The number of thiophene rings is 1. The van der Waals surface area contributed by atoms with Crippen LogP contribution in [0.1, 0.15) is 24.3 Å². The minimum absolute atomic E-state index is 0.0141. The molecule has 6 heteroatoms. The van der Waals surface area contributed by atoms with Crippen LogP contribution in [0.25, 0.3) is 0 Å². The van der Waals surface area contributed by atoms with E-state index in [0.717, 1.165) is 36.4 Å². The quantitative estimate of drug-likeness (QED) is 0.864. The van der Waals surface area contributed by atoms with Crippen molar-refractivity contribution in [2.75, 3.05) is 29.9 Å². The van der Waals surface area contributed by atoms with Crippen molar-refractivity contribution in [3.05, 3.63) is 46.2 Å². The topological polar surface area (TPSA) is 52.7 Å². The van der Waals surface area contributed by atoms with Crippen LogP contribution < -0.4 is 10.2 Å². The lowest BCUT2D eigenvalue weighted by Gasteiger charge is -2.19. The van der Waals surface area contributed by atoms with E-state index in [-0.39, 0.29) is 11.8 Å². The molecule has 1 aromatic carbocycles. The number of nitrogens with zero attached hydrogens (tertiary/aromatic N) is 2. The van der Waals surface area contributed by atoms with Crippen LogP contribution in [-0.2, 0) is 22.6 Å². The number of carbonyl (C=O) groups is 2. The molecule has 3 rings (SSSR count). The van der Waals surface area contributed by atoms with Crippen molar-refractivity contribution in [3.63, 3.8) is 0 Å². The Morgan fingerprint density at radius 3 is 2.84 bits per heavy atom. The van der Waals surface area contributed by atoms with Crippen LogP contribution in [0, 0.1) is 0 Å². The number of rotatable bonds is 6. The van der Waals surface area contributed by atoms with E-state index in [1.54, 1.807) is 23.2 Å². The number of anilines is 2. The molecular weight excluding hydrogens is 334 g/mol.